The lowest BCUT2D eigenvalue weighted by Gasteiger charge is -1.95. The molecule has 0 saturated heterocycles. The first kappa shape index (κ1) is 11.1. The van der Waals surface area contributed by atoms with Crippen LogP contribution >= 0.6 is 0 Å². The minimum atomic E-state index is -0.231. The van der Waals surface area contributed by atoms with Crippen LogP contribution in [0.4, 0.5) is 4.39 Å². The first-order valence-electron chi connectivity index (χ1n) is 5.64. The van der Waals surface area contributed by atoms with E-state index in [4.69, 9.17) is 5.73 Å². The van der Waals surface area contributed by atoms with Crippen LogP contribution in [0.3, 0.4) is 0 Å². The fourth-order valence-electron chi connectivity index (χ4n) is 1.77. The van der Waals surface area contributed by atoms with E-state index in [0.29, 0.717) is 0 Å². The van der Waals surface area contributed by atoms with Gasteiger partial charge in [0.15, 0.2) is 0 Å². The lowest BCUT2D eigenvalue weighted by atomic mass is 10.2. The van der Waals surface area contributed by atoms with Gasteiger partial charge in [0.2, 0.25) is 0 Å². The minimum Gasteiger partial charge on any atom is -0.342 e. The number of hydrogen-bond acceptors (Lipinski definition) is 2. The number of aromatic nitrogens is 2. The second kappa shape index (κ2) is 5.07. The maximum Gasteiger partial charge on any atom is 0.125 e. The summed E-state index contributed by atoms with van der Waals surface area (Å²) in [5.41, 5.74) is 7.02. The molecule has 2 rings (SSSR count). The van der Waals surface area contributed by atoms with Crippen LogP contribution in [0.2, 0.25) is 0 Å². The predicted molar refractivity (Wildman–Crippen MR) is 62.7 cm³/mol. The van der Waals surface area contributed by atoms with Crippen molar-refractivity contribution in [2.75, 3.05) is 6.54 Å². The number of unbranched alkanes of at least 4 members (excludes halogenated alkanes) is 2. The van der Waals surface area contributed by atoms with Gasteiger partial charge in [-0.3, -0.25) is 0 Å². The van der Waals surface area contributed by atoms with Crippen molar-refractivity contribution in [2.45, 2.75) is 25.7 Å². The smallest absolute Gasteiger partial charge is 0.125 e. The molecule has 1 aromatic heterocycles. The maximum atomic E-state index is 12.9. The molecule has 4 heteroatoms. The van der Waals surface area contributed by atoms with E-state index < -0.39 is 0 Å². The molecule has 0 saturated carbocycles. The van der Waals surface area contributed by atoms with Crippen LogP contribution in [-0.4, -0.2) is 16.5 Å². The van der Waals surface area contributed by atoms with Gasteiger partial charge in [-0.15, -0.1) is 0 Å². The second-order valence-electron chi connectivity index (χ2n) is 3.94. The summed E-state index contributed by atoms with van der Waals surface area (Å²) in [6.45, 7) is 0.741. The molecular formula is C12H16FN3. The third-order valence-electron chi connectivity index (χ3n) is 2.61. The van der Waals surface area contributed by atoms with Gasteiger partial charge in [-0.1, -0.05) is 6.42 Å². The van der Waals surface area contributed by atoms with Gasteiger partial charge < -0.3 is 10.7 Å². The first-order valence-corrected chi connectivity index (χ1v) is 5.64. The van der Waals surface area contributed by atoms with E-state index in [1.54, 1.807) is 6.07 Å². The summed E-state index contributed by atoms with van der Waals surface area (Å²) in [5.74, 6) is 0.698. The van der Waals surface area contributed by atoms with Crippen LogP contribution in [0, 0.1) is 5.82 Å². The Hall–Kier alpha value is -1.42. The Morgan fingerprint density at radius 1 is 1.25 bits per heavy atom. The van der Waals surface area contributed by atoms with E-state index in [1.807, 2.05) is 0 Å². The molecule has 0 bridgehead atoms. The molecule has 0 aliphatic carbocycles. The van der Waals surface area contributed by atoms with Gasteiger partial charge in [-0.25, -0.2) is 9.37 Å². The number of halogens is 1. The highest BCUT2D eigenvalue weighted by molar-refractivity contribution is 5.74. The molecule has 0 aliphatic heterocycles. The molecule has 2 aromatic rings. The Kier molecular flexibility index (Phi) is 3.51. The topological polar surface area (TPSA) is 54.7 Å². The van der Waals surface area contributed by atoms with Gasteiger partial charge in [0.1, 0.15) is 11.6 Å². The molecule has 0 fully saturated rings. The summed E-state index contributed by atoms with van der Waals surface area (Å²) < 4.78 is 12.9. The number of aryl methyl sites for hydroxylation is 1. The molecule has 0 amide bonds. The van der Waals surface area contributed by atoms with Gasteiger partial charge in [-0.2, -0.15) is 0 Å². The van der Waals surface area contributed by atoms with Gasteiger partial charge in [0.25, 0.3) is 0 Å². The molecule has 3 nitrogen and oxygen atoms in total. The number of nitrogens with two attached hydrogens (primary N) is 1. The molecule has 86 valence electrons. The summed E-state index contributed by atoms with van der Waals surface area (Å²) in [7, 11) is 0. The molecule has 0 aliphatic rings. The number of hydrogen-bond donors (Lipinski definition) is 2. The summed E-state index contributed by atoms with van der Waals surface area (Å²) in [4.78, 5) is 7.53. The Labute approximate surface area is 93.9 Å². The van der Waals surface area contributed by atoms with Crippen LogP contribution in [0.1, 0.15) is 25.1 Å². The van der Waals surface area contributed by atoms with Crippen molar-refractivity contribution in [2.24, 2.45) is 5.73 Å². The predicted octanol–water partition coefficient (Wildman–Crippen LogP) is 2.37. The van der Waals surface area contributed by atoms with Crippen molar-refractivity contribution in [3.63, 3.8) is 0 Å². The van der Waals surface area contributed by atoms with E-state index in [2.05, 4.69) is 9.97 Å². The Morgan fingerprint density at radius 2 is 2.12 bits per heavy atom. The number of rotatable bonds is 5. The third kappa shape index (κ3) is 2.58. The summed E-state index contributed by atoms with van der Waals surface area (Å²) in [5, 5.41) is 0. The summed E-state index contributed by atoms with van der Waals surface area (Å²) >= 11 is 0. The lowest BCUT2D eigenvalue weighted by Crippen LogP contribution is -1.98. The zero-order chi connectivity index (χ0) is 11.4. The van der Waals surface area contributed by atoms with Crippen molar-refractivity contribution >= 4 is 11.0 Å². The van der Waals surface area contributed by atoms with Crippen LogP contribution in [-0.2, 0) is 6.42 Å². The third-order valence-corrected chi connectivity index (χ3v) is 2.61. The monoisotopic (exact) mass is 221 g/mol. The molecule has 0 unspecified atom stereocenters. The molecule has 1 heterocycles. The van der Waals surface area contributed by atoms with Crippen LogP contribution < -0.4 is 5.73 Å². The van der Waals surface area contributed by atoms with E-state index >= 15 is 0 Å². The molecule has 0 radical (unpaired) electrons. The number of aromatic amines is 1. The van der Waals surface area contributed by atoms with Gasteiger partial charge in [-0.05, 0) is 37.6 Å². The van der Waals surface area contributed by atoms with E-state index in [0.717, 1.165) is 49.1 Å². The first-order chi connectivity index (χ1) is 7.79. The van der Waals surface area contributed by atoms with Crippen molar-refractivity contribution in [1.82, 2.24) is 9.97 Å². The Bertz CT molecular complexity index is 464. The van der Waals surface area contributed by atoms with Crippen molar-refractivity contribution in [1.29, 1.82) is 0 Å². The zero-order valence-electron chi connectivity index (χ0n) is 9.17. The number of imidazole rings is 1. The number of benzene rings is 1. The number of H-pyrrole nitrogens is 1. The second-order valence-corrected chi connectivity index (χ2v) is 3.94. The Morgan fingerprint density at radius 3 is 2.94 bits per heavy atom. The molecule has 16 heavy (non-hydrogen) atoms. The fraction of sp³-hybridized carbons (Fsp3) is 0.417. The largest absolute Gasteiger partial charge is 0.342 e. The van der Waals surface area contributed by atoms with E-state index in [9.17, 15) is 4.39 Å². The zero-order valence-corrected chi connectivity index (χ0v) is 9.17. The van der Waals surface area contributed by atoms with Crippen LogP contribution in [0.15, 0.2) is 18.2 Å². The van der Waals surface area contributed by atoms with Gasteiger partial charge in [0, 0.05) is 6.42 Å². The molecule has 0 spiro atoms. The fourth-order valence-corrected chi connectivity index (χ4v) is 1.77. The molecule has 1 aromatic carbocycles. The molecule has 3 N–H and O–H groups in total. The van der Waals surface area contributed by atoms with Gasteiger partial charge in [0.05, 0.1) is 11.0 Å². The highest BCUT2D eigenvalue weighted by Gasteiger charge is 2.03. The van der Waals surface area contributed by atoms with E-state index in [1.165, 1.54) is 12.1 Å². The van der Waals surface area contributed by atoms with Crippen molar-refractivity contribution in [3.8, 4) is 0 Å². The molecule has 0 atom stereocenters. The standard InChI is InChI=1S/C12H16FN3/c13-9-5-6-10-11(8-9)16-12(15-10)4-2-1-3-7-14/h5-6,8H,1-4,7,14H2,(H,15,16). The average molecular weight is 221 g/mol. The van der Waals surface area contributed by atoms with Crippen LogP contribution in [0.25, 0.3) is 11.0 Å². The highest BCUT2D eigenvalue weighted by atomic mass is 19.1. The number of nitrogens with one attached hydrogen (secondary N) is 1. The maximum absolute atomic E-state index is 12.9. The van der Waals surface area contributed by atoms with E-state index in [-0.39, 0.29) is 5.82 Å². The number of fused-ring (bicyclic) bond motifs is 1. The number of nitrogens with zero attached hydrogens (tertiary/aromatic N) is 1. The lowest BCUT2D eigenvalue weighted by molar-refractivity contribution is 0.629. The normalized spacial score (nSPS) is 11.1. The summed E-state index contributed by atoms with van der Waals surface area (Å²) in [6.07, 6.45) is 4.13. The SMILES string of the molecule is NCCCCCc1nc2ccc(F)cc2[nH]1. The van der Waals surface area contributed by atoms with Crippen LogP contribution in [0.5, 0.6) is 0 Å². The quantitative estimate of drug-likeness (QED) is 0.761. The minimum absolute atomic E-state index is 0.231. The van der Waals surface area contributed by atoms with Crippen molar-refractivity contribution in [3.05, 3.63) is 29.8 Å². The van der Waals surface area contributed by atoms with Crippen molar-refractivity contribution < 1.29 is 4.39 Å². The summed E-state index contributed by atoms with van der Waals surface area (Å²) in [6, 6.07) is 4.61. The molecular weight excluding hydrogens is 205 g/mol. The average Bonchev–Trinajstić information content (AvgIpc) is 2.66. The van der Waals surface area contributed by atoms with Gasteiger partial charge >= 0.3 is 0 Å². The highest BCUT2D eigenvalue weighted by Crippen LogP contribution is 2.14. The Balaban J connectivity index is 2.02.